The minimum absolute atomic E-state index is 0.0338. The van der Waals surface area contributed by atoms with E-state index in [4.69, 9.17) is 11.6 Å². The summed E-state index contributed by atoms with van der Waals surface area (Å²) in [5.41, 5.74) is 0.390. The van der Waals surface area contributed by atoms with Gasteiger partial charge in [-0.3, -0.25) is 14.9 Å². The van der Waals surface area contributed by atoms with Crippen LogP contribution in [0.1, 0.15) is 36.3 Å². The third-order valence-corrected chi connectivity index (χ3v) is 7.20. The minimum Gasteiger partial charge on any atom is -0.355 e. The molecule has 1 aliphatic rings. The molecule has 2 aromatic heterocycles. The van der Waals surface area contributed by atoms with E-state index in [9.17, 15) is 18.0 Å². The van der Waals surface area contributed by atoms with Crippen LogP contribution >= 0.6 is 11.6 Å². The quantitative estimate of drug-likeness (QED) is 0.452. The standard InChI is InChI=1S/C24H27ClF3N5O/c1-33(2)18(10-16-9-17-13-31-32-21(17)12-20(16)25)14-30-22(34)11-19(15-3-7-29-8-4-15)23(5-6-23)24(26,27)28/h3-4,7-9,12-13,18-19H,5-6,10-11,14H2,1-2H3,(H,30,34)(H,31,32). The number of benzene rings is 1. The van der Waals surface area contributed by atoms with E-state index in [1.807, 2.05) is 31.1 Å². The summed E-state index contributed by atoms with van der Waals surface area (Å²) in [6.07, 6.45) is 0.687. The normalized spacial score (nSPS) is 17.0. The Morgan fingerprint density at radius 3 is 2.59 bits per heavy atom. The second-order valence-electron chi connectivity index (χ2n) is 9.22. The Hall–Kier alpha value is -2.65. The van der Waals surface area contributed by atoms with Crippen LogP contribution in [0, 0.1) is 5.41 Å². The lowest BCUT2D eigenvalue weighted by molar-refractivity contribution is -0.194. The van der Waals surface area contributed by atoms with Crippen LogP contribution in [-0.2, 0) is 11.2 Å². The summed E-state index contributed by atoms with van der Waals surface area (Å²) in [4.78, 5) is 18.7. The molecule has 2 atom stereocenters. The molecule has 0 aliphatic heterocycles. The van der Waals surface area contributed by atoms with Gasteiger partial charge in [0.05, 0.1) is 17.1 Å². The van der Waals surface area contributed by atoms with Crippen molar-refractivity contribution in [3.63, 3.8) is 0 Å². The molecule has 34 heavy (non-hydrogen) atoms. The number of rotatable bonds is 9. The molecule has 4 rings (SSSR count). The fraction of sp³-hybridized carbons (Fsp3) is 0.458. The largest absolute Gasteiger partial charge is 0.395 e. The fourth-order valence-corrected chi connectivity index (χ4v) is 4.78. The molecule has 1 aromatic carbocycles. The van der Waals surface area contributed by atoms with Crippen LogP contribution in [0.25, 0.3) is 10.9 Å². The number of hydrogen-bond donors (Lipinski definition) is 2. The zero-order chi connectivity index (χ0) is 24.5. The van der Waals surface area contributed by atoms with Gasteiger partial charge in [-0.05, 0) is 68.8 Å². The van der Waals surface area contributed by atoms with Gasteiger partial charge in [0.2, 0.25) is 5.91 Å². The van der Waals surface area contributed by atoms with E-state index in [1.165, 1.54) is 12.4 Å². The SMILES string of the molecule is CN(C)C(CNC(=O)CC(c1ccncc1)C1(C(F)(F)F)CC1)Cc1cc2cn[nH]c2cc1Cl. The molecule has 182 valence electrons. The van der Waals surface area contributed by atoms with Crippen molar-refractivity contribution in [1.82, 2.24) is 25.4 Å². The number of hydrogen-bond acceptors (Lipinski definition) is 4. The maximum absolute atomic E-state index is 13.9. The summed E-state index contributed by atoms with van der Waals surface area (Å²) in [5.74, 6) is -1.34. The number of pyridine rings is 1. The minimum atomic E-state index is -4.37. The van der Waals surface area contributed by atoms with Crippen LogP contribution in [0.5, 0.6) is 0 Å². The highest BCUT2D eigenvalue weighted by atomic mass is 35.5. The lowest BCUT2D eigenvalue weighted by Crippen LogP contribution is -2.42. The number of alkyl halides is 3. The zero-order valence-electron chi connectivity index (χ0n) is 19.0. The number of likely N-dealkylation sites (N-methyl/N-ethyl adjacent to an activating group) is 1. The maximum Gasteiger partial charge on any atom is 0.395 e. The van der Waals surface area contributed by atoms with Crippen molar-refractivity contribution in [3.8, 4) is 0 Å². The summed E-state index contributed by atoms with van der Waals surface area (Å²) < 4.78 is 41.7. The topological polar surface area (TPSA) is 73.9 Å². The monoisotopic (exact) mass is 493 g/mol. The Labute approximate surface area is 200 Å². The summed E-state index contributed by atoms with van der Waals surface area (Å²) in [7, 11) is 3.79. The van der Waals surface area contributed by atoms with Crippen molar-refractivity contribution in [2.75, 3.05) is 20.6 Å². The average molecular weight is 494 g/mol. The number of halogens is 4. The van der Waals surface area contributed by atoms with Gasteiger partial charge in [0, 0.05) is 47.7 Å². The number of fused-ring (bicyclic) bond motifs is 1. The summed E-state index contributed by atoms with van der Waals surface area (Å²) in [5, 5.41) is 11.3. The first-order chi connectivity index (χ1) is 16.1. The predicted octanol–water partition coefficient (Wildman–Crippen LogP) is 4.72. The van der Waals surface area contributed by atoms with Gasteiger partial charge in [0.1, 0.15) is 0 Å². The molecule has 1 amide bonds. The summed E-state index contributed by atoms with van der Waals surface area (Å²) >= 11 is 6.44. The molecule has 1 aliphatic carbocycles. The van der Waals surface area contributed by atoms with Crippen molar-refractivity contribution in [2.45, 2.75) is 43.8 Å². The molecule has 1 saturated carbocycles. The molecule has 1 fully saturated rings. The Balaban J connectivity index is 1.45. The lowest BCUT2D eigenvalue weighted by atomic mass is 9.80. The summed E-state index contributed by atoms with van der Waals surface area (Å²) in [6.45, 7) is 0.285. The molecule has 0 radical (unpaired) electrons. The van der Waals surface area contributed by atoms with E-state index in [0.717, 1.165) is 16.5 Å². The van der Waals surface area contributed by atoms with Crippen molar-refractivity contribution in [2.24, 2.45) is 5.41 Å². The van der Waals surface area contributed by atoms with Crippen molar-refractivity contribution < 1.29 is 18.0 Å². The van der Waals surface area contributed by atoms with Gasteiger partial charge in [-0.1, -0.05) is 11.6 Å². The van der Waals surface area contributed by atoms with E-state index in [2.05, 4.69) is 20.5 Å². The fourth-order valence-electron chi connectivity index (χ4n) is 4.54. The molecular weight excluding hydrogens is 467 g/mol. The van der Waals surface area contributed by atoms with Crippen LogP contribution in [0.15, 0.2) is 42.9 Å². The predicted molar refractivity (Wildman–Crippen MR) is 125 cm³/mol. The van der Waals surface area contributed by atoms with Gasteiger partial charge < -0.3 is 10.2 Å². The van der Waals surface area contributed by atoms with Crippen LogP contribution in [0.4, 0.5) is 13.2 Å². The molecule has 0 spiro atoms. The molecule has 6 nitrogen and oxygen atoms in total. The Morgan fingerprint density at radius 2 is 1.97 bits per heavy atom. The Morgan fingerprint density at radius 1 is 1.26 bits per heavy atom. The molecular formula is C24H27ClF3N5O. The number of carbonyl (C=O) groups is 1. The number of amides is 1. The van der Waals surface area contributed by atoms with Crippen molar-refractivity contribution in [3.05, 3.63) is 59.0 Å². The smallest absolute Gasteiger partial charge is 0.355 e. The van der Waals surface area contributed by atoms with E-state index in [-0.39, 0.29) is 31.8 Å². The van der Waals surface area contributed by atoms with Gasteiger partial charge in [-0.25, -0.2) is 0 Å². The first kappa shape index (κ1) is 24.5. The van der Waals surface area contributed by atoms with Crippen molar-refractivity contribution >= 4 is 28.4 Å². The Bertz CT molecular complexity index is 1140. The maximum atomic E-state index is 13.9. The highest BCUT2D eigenvalue weighted by molar-refractivity contribution is 6.32. The van der Waals surface area contributed by atoms with Gasteiger partial charge in [-0.15, -0.1) is 0 Å². The number of aromatic nitrogens is 3. The number of carbonyl (C=O) groups excluding carboxylic acids is 1. The second-order valence-corrected chi connectivity index (χ2v) is 9.62. The van der Waals surface area contributed by atoms with Crippen LogP contribution < -0.4 is 5.32 Å². The van der Waals surface area contributed by atoms with Crippen molar-refractivity contribution in [1.29, 1.82) is 0 Å². The van der Waals surface area contributed by atoms with E-state index < -0.39 is 23.4 Å². The van der Waals surface area contributed by atoms with E-state index in [1.54, 1.807) is 18.3 Å². The average Bonchev–Trinajstić information content (AvgIpc) is 3.49. The zero-order valence-corrected chi connectivity index (χ0v) is 19.7. The van der Waals surface area contributed by atoms with Gasteiger partial charge in [-0.2, -0.15) is 18.3 Å². The molecule has 0 saturated heterocycles. The number of nitrogens with zero attached hydrogens (tertiary/aromatic N) is 3. The molecule has 2 unspecified atom stereocenters. The highest BCUT2D eigenvalue weighted by Gasteiger charge is 2.67. The van der Waals surface area contributed by atoms with Gasteiger partial charge in [0.15, 0.2) is 0 Å². The molecule has 2 heterocycles. The van der Waals surface area contributed by atoms with E-state index >= 15 is 0 Å². The van der Waals surface area contributed by atoms with Gasteiger partial charge in [0.25, 0.3) is 0 Å². The number of H-pyrrole nitrogens is 1. The second kappa shape index (κ2) is 9.54. The molecule has 0 bridgehead atoms. The molecule has 10 heteroatoms. The highest BCUT2D eigenvalue weighted by Crippen LogP contribution is 2.66. The van der Waals surface area contributed by atoms with Crippen LogP contribution in [-0.4, -0.2) is 58.8 Å². The third-order valence-electron chi connectivity index (χ3n) is 6.85. The van der Waals surface area contributed by atoms with Crippen LogP contribution in [0.2, 0.25) is 5.02 Å². The first-order valence-corrected chi connectivity index (χ1v) is 11.5. The Kier molecular flexibility index (Phi) is 6.87. The number of aromatic amines is 1. The van der Waals surface area contributed by atoms with Crippen LogP contribution in [0.3, 0.4) is 0 Å². The third kappa shape index (κ3) is 5.05. The molecule has 3 aromatic rings. The first-order valence-electron chi connectivity index (χ1n) is 11.1. The van der Waals surface area contributed by atoms with E-state index in [0.29, 0.717) is 17.0 Å². The number of nitrogens with one attached hydrogen (secondary N) is 2. The van der Waals surface area contributed by atoms with Gasteiger partial charge >= 0.3 is 6.18 Å². The lowest BCUT2D eigenvalue weighted by Gasteiger charge is -2.30. The summed E-state index contributed by atoms with van der Waals surface area (Å²) in [6, 6.07) is 6.82. The molecule has 2 N–H and O–H groups in total.